The first kappa shape index (κ1) is 7.39. The Balaban J connectivity index is 2.07. The summed E-state index contributed by atoms with van der Waals surface area (Å²) in [4.78, 5) is 0. The largest absolute Gasteiger partial charge is 0.0785 e. The predicted octanol–water partition coefficient (Wildman–Crippen LogP) is 3.35. The molecule has 2 bridgehead atoms. The van der Waals surface area contributed by atoms with Gasteiger partial charge in [-0.1, -0.05) is 25.5 Å². The van der Waals surface area contributed by atoms with Crippen LogP contribution in [-0.4, -0.2) is 0 Å². The fourth-order valence-electron chi connectivity index (χ4n) is 2.64. The van der Waals surface area contributed by atoms with E-state index in [1.54, 1.807) is 5.57 Å². The van der Waals surface area contributed by atoms with Crippen molar-refractivity contribution in [1.82, 2.24) is 0 Å². The van der Waals surface area contributed by atoms with Crippen LogP contribution >= 0.6 is 0 Å². The molecule has 2 unspecified atom stereocenters. The number of hydrogen-bond acceptors (Lipinski definition) is 0. The first-order valence-electron chi connectivity index (χ1n) is 4.76. The number of allylic oxidation sites excluding steroid dienone is 2. The van der Waals surface area contributed by atoms with Gasteiger partial charge in [0.05, 0.1) is 0 Å². The van der Waals surface area contributed by atoms with Crippen molar-refractivity contribution < 1.29 is 0 Å². The van der Waals surface area contributed by atoms with Gasteiger partial charge >= 0.3 is 0 Å². The van der Waals surface area contributed by atoms with Crippen LogP contribution < -0.4 is 0 Å². The second kappa shape index (κ2) is 2.66. The second-order valence-electron chi connectivity index (χ2n) is 4.38. The Hall–Kier alpha value is -0.260. The maximum Gasteiger partial charge on any atom is -0.00863 e. The van der Waals surface area contributed by atoms with Crippen molar-refractivity contribution >= 4 is 0 Å². The summed E-state index contributed by atoms with van der Waals surface area (Å²) < 4.78 is 0. The highest BCUT2D eigenvalue weighted by Crippen LogP contribution is 2.48. The normalized spacial score (nSPS) is 39.4. The molecule has 0 aromatic carbocycles. The van der Waals surface area contributed by atoms with Crippen molar-refractivity contribution in [2.75, 3.05) is 0 Å². The Morgan fingerprint density at radius 1 is 1.36 bits per heavy atom. The van der Waals surface area contributed by atoms with E-state index in [4.69, 9.17) is 0 Å². The molecule has 1 radical (unpaired) electrons. The molecular formula is C11H17. The molecule has 0 aromatic heterocycles. The lowest BCUT2D eigenvalue weighted by Crippen LogP contribution is -1.98. The summed E-state index contributed by atoms with van der Waals surface area (Å²) in [7, 11) is 0. The number of hydrogen-bond donors (Lipinski definition) is 0. The molecule has 0 heteroatoms. The van der Waals surface area contributed by atoms with E-state index in [0.29, 0.717) is 0 Å². The molecule has 2 aliphatic carbocycles. The Labute approximate surface area is 69.7 Å². The zero-order valence-electron chi connectivity index (χ0n) is 7.56. The summed E-state index contributed by atoms with van der Waals surface area (Å²) in [5.74, 6) is 3.52. The highest BCUT2D eigenvalue weighted by molar-refractivity contribution is 5.22. The molecule has 0 nitrogen and oxygen atoms in total. The van der Waals surface area contributed by atoms with E-state index >= 15 is 0 Å². The van der Waals surface area contributed by atoms with E-state index in [9.17, 15) is 0 Å². The first-order valence-corrected chi connectivity index (χ1v) is 4.76. The van der Waals surface area contributed by atoms with Crippen molar-refractivity contribution in [2.24, 2.45) is 11.8 Å². The van der Waals surface area contributed by atoms with Gasteiger partial charge < -0.3 is 0 Å². The van der Waals surface area contributed by atoms with Gasteiger partial charge in [0, 0.05) is 0 Å². The predicted molar refractivity (Wildman–Crippen MR) is 48.1 cm³/mol. The van der Waals surface area contributed by atoms with E-state index < -0.39 is 0 Å². The average Bonchev–Trinajstić information content (AvgIpc) is 2.45. The van der Waals surface area contributed by atoms with Crippen LogP contribution in [0, 0.1) is 17.8 Å². The van der Waals surface area contributed by atoms with Crippen LogP contribution in [0.3, 0.4) is 0 Å². The molecule has 2 rings (SSSR count). The SMILES string of the molecule is C[C](C)C=C1CC2CCC1C2. The highest BCUT2D eigenvalue weighted by Gasteiger charge is 2.34. The zero-order valence-corrected chi connectivity index (χ0v) is 7.56. The van der Waals surface area contributed by atoms with Crippen LogP contribution in [0.25, 0.3) is 0 Å². The van der Waals surface area contributed by atoms with E-state index in [1.165, 1.54) is 31.6 Å². The summed E-state index contributed by atoms with van der Waals surface area (Å²) in [5.41, 5.74) is 1.75. The smallest absolute Gasteiger partial charge is 0.00863 e. The summed E-state index contributed by atoms with van der Waals surface area (Å²) in [6.07, 6.45) is 8.31. The van der Waals surface area contributed by atoms with Crippen LogP contribution in [0.4, 0.5) is 0 Å². The lowest BCUT2D eigenvalue weighted by molar-refractivity contribution is 0.560. The topological polar surface area (TPSA) is 0 Å². The Morgan fingerprint density at radius 2 is 2.18 bits per heavy atom. The third kappa shape index (κ3) is 1.36. The van der Waals surface area contributed by atoms with Crippen LogP contribution in [0.5, 0.6) is 0 Å². The van der Waals surface area contributed by atoms with Gasteiger partial charge in [0.15, 0.2) is 0 Å². The van der Waals surface area contributed by atoms with Crippen molar-refractivity contribution in [3.8, 4) is 0 Å². The number of fused-ring (bicyclic) bond motifs is 2. The van der Waals surface area contributed by atoms with Crippen LogP contribution in [0.1, 0.15) is 39.5 Å². The van der Waals surface area contributed by atoms with Gasteiger partial charge in [-0.15, -0.1) is 0 Å². The molecule has 2 aliphatic rings. The lowest BCUT2D eigenvalue weighted by Gasteiger charge is -2.13. The van der Waals surface area contributed by atoms with Gasteiger partial charge in [-0.3, -0.25) is 0 Å². The van der Waals surface area contributed by atoms with Gasteiger partial charge in [-0.2, -0.15) is 0 Å². The zero-order chi connectivity index (χ0) is 7.84. The molecule has 61 valence electrons. The molecule has 0 saturated heterocycles. The van der Waals surface area contributed by atoms with Crippen LogP contribution in [-0.2, 0) is 0 Å². The fraction of sp³-hybridized carbons (Fsp3) is 0.727. The minimum absolute atomic E-state index is 0.981. The second-order valence-corrected chi connectivity index (χ2v) is 4.38. The molecule has 0 heterocycles. The van der Waals surface area contributed by atoms with Gasteiger partial charge in [-0.05, 0) is 43.4 Å². The minimum Gasteiger partial charge on any atom is -0.0785 e. The van der Waals surface area contributed by atoms with E-state index in [-0.39, 0.29) is 0 Å². The molecule has 11 heavy (non-hydrogen) atoms. The maximum absolute atomic E-state index is 2.42. The molecule has 2 fully saturated rings. The van der Waals surface area contributed by atoms with Crippen molar-refractivity contribution in [2.45, 2.75) is 39.5 Å². The Kier molecular flexibility index (Phi) is 1.78. The summed E-state index contributed by atoms with van der Waals surface area (Å²) >= 11 is 0. The molecule has 0 N–H and O–H groups in total. The van der Waals surface area contributed by atoms with Crippen molar-refractivity contribution in [3.05, 3.63) is 17.6 Å². The van der Waals surface area contributed by atoms with E-state index in [1.807, 2.05) is 0 Å². The van der Waals surface area contributed by atoms with Crippen LogP contribution in [0.15, 0.2) is 11.6 Å². The van der Waals surface area contributed by atoms with E-state index in [0.717, 1.165) is 11.8 Å². The monoisotopic (exact) mass is 149 g/mol. The standard InChI is InChI=1S/C11H17/c1-8(2)5-11-7-9-3-4-10(11)6-9/h5,9-10H,3-4,6-7H2,1-2H3. The molecule has 2 atom stereocenters. The minimum atomic E-state index is 0.981. The molecule has 0 aliphatic heterocycles. The number of rotatable bonds is 1. The Bertz CT molecular complexity index is 176. The summed E-state index contributed by atoms with van der Waals surface area (Å²) in [6.45, 7) is 4.41. The van der Waals surface area contributed by atoms with Gasteiger partial charge in [0.2, 0.25) is 0 Å². The molecule has 0 spiro atoms. The summed E-state index contributed by atoms with van der Waals surface area (Å²) in [6, 6.07) is 0. The summed E-state index contributed by atoms with van der Waals surface area (Å²) in [5, 5.41) is 0. The van der Waals surface area contributed by atoms with Gasteiger partial charge in [0.1, 0.15) is 0 Å². The van der Waals surface area contributed by atoms with Crippen LogP contribution in [0.2, 0.25) is 0 Å². The fourth-order valence-corrected chi connectivity index (χ4v) is 2.64. The van der Waals surface area contributed by atoms with Gasteiger partial charge in [0.25, 0.3) is 0 Å². The highest BCUT2D eigenvalue weighted by atomic mass is 14.4. The third-order valence-electron chi connectivity index (χ3n) is 3.06. The quantitative estimate of drug-likeness (QED) is 0.536. The average molecular weight is 149 g/mol. The van der Waals surface area contributed by atoms with E-state index in [2.05, 4.69) is 19.9 Å². The third-order valence-corrected chi connectivity index (χ3v) is 3.06. The van der Waals surface area contributed by atoms with Crippen molar-refractivity contribution in [1.29, 1.82) is 0 Å². The first-order chi connectivity index (χ1) is 5.25. The maximum atomic E-state index is 2.42. The van der Waals surface area contributed by atoms with Gasteiger partial charge in [-0.25, -0.2) is 0 Å². The molecule has 0 aromatic rings. The molecule has 2 saturated carbocycles. The molecular weight excluding hydrogens is 132 g/mol. The van der Waals surface area contributed by atoms with Crippen molar-refractivity contribution in [3.63, 3.8) is 0 Å². The molecule has 0 amide bonds. The lowest BCUT2D eigenvalue weighted by atomic mass is 9.92. The Morgan fingerprint density at radius 3 is 2.64 bits per heavy atom.